The molecule has 1 fully saturated rings. The Hall–Kier alpha value is -1.03. The van der Waals surface area contributed by atoms with Crippen molar-refractivity contribution >= 4 is 0 Å². The van der Waals surface area contributed by atoms with Crippen LogP contribution in [0.4, 0.5) is 13.2 Å². The van der Waals surface area contributed by atoms with E-state index < -0.39 is 17.2 Å². The SMILES string of the molecule is CC(C)(C[C@]1(C(F)(F)F)CO1)c1ccccc1. The second-order valence-electron chi connectivity index (χ2n) is 5.21. The highest BCUT2D eigenvalue weighted by Crippen LogP contribution is 2.50. The van der Waals surface area contributed by atoms with Crippen LogP contribution in [0.5, 0.6) is 0 Å². The Morgan fingerprint density at radius 3 is 2.12 bits per heavy atom. The highest BCUT2D eigenvalue weighted by molar-refractivity contribution is 5.25. The van der Waals surface area contributed by atoms with Crippen molar-refractivity contribution in [3.63, 3.8) is 0 Å². The Morgan fingerprint density at radius 2 is 1.71 bits per heavy atom. The molecule has 1 saturated heterocycles. The fourth-order valence-electron chi connectivity index (χ4n) is 2.16. The third-order valence-corrected chi connectivity index (χ3v) is 3.29. The van der Waals surface area contributed by atoms with E-state index in [-0.39, 0.29) is 13.0 Å². The van der Waals surface area contributed by atoms with Crippen LogP contribution in [-0.4, -0.2) is 18.4 Å². The minimum Gasteiger partial charge on any atom is -0.360 e. The van der Waals surface area contributed by atoms with Crippen LogP contribution in [0, 0.1) is 0 Å². The fourth-order valence-corrected chi connectivity index (χ4v) is 2.16. The third kappa shape index (κ3) is 2.32. The van der Waals surface area contributed by atoms with Crippen LogP contribution < -0.4 is 0 Å². The zero-order chi connectivity index (χ0) is 12.7. The van der Waals surface area contributed by atoms with E-state index in [4.69, 9.17) is 4.74 Å². The van der Waals surface area contributed by atoms with Crippen molar-refractivity contribution in [3.05, 3.63) is 35.9 Å². The molecule has 1 nitrogen and oxygen atoms in total. The van der Waals surface area contributed by atoms with Gasteiger partial charge in [0.15, 0.2) is 5.60 Å². The summed E-state index contributed by atoms with van der Waals surface area (Å²) in [6.07, 6.45) is -4.31. The normalized spacial score (nSPS) is 24.8. The Bertz CT molecular complexity index is 391. The molecule has 0 unspecified atom stereocenters. The summed E-state index contributed by atoms with van der Waals surface area (Å²) in [6.45, 7) is 3.42. The summed E-state index contributed by atoms with van der Waals surface area (Å²) in [5.41, 5.74) is -1.57. The molecule has 1 aromatic carbocycles. The van der Waals surface area contributed by atoms with Gasteiger partial charge >= 0.3 is 6.18 Å². The molecule has 0 aliphatic carbocycles. The molecule has 2 rings (SSSR count). The molecule has 0 spiro atoms. The van der Waals surface area contributed by atoms with Crippen molar-refractivity contribution in [3.8, 4) is 0 Å². The smallest absolute Gasteiger partial charge is 0.360 e. The molecule has 0 amide bonds. The second-order valence-corrected chi connectivity index (χ2v) is 5.21. The Morgan fingerprint density at radius 1 is 1.18 bits per heavy atom. The van der Waals surface area contributed by atoms with E-state index in [1.807, 2.05) is 44.2 Å². The van der Waals surface area contributed by atoms with Crippen molar-refractivity contribution in [1.82, 2.24) is 0 Å². The molecule has 0 saturated carbocycles. The second kappa shape index (κ2) is 3.73. The largest absolute Gasteiger partial charge is 0.419 e. The first-order valence-electron chi connectivity index (χ1n) is 5.53. The van der Waals surface area contributed by atoms with Gasteiger partial charge in [0.2, 0.25) is 0 Å². The minimum atomic E-state index is -4.28. The molecule has 0 N–H and O–H groups in total. The van der Waals surface area contributed by atoms with Gasteiger partial charge in [0, 0.05) is 0 Å². The van der Waals surface area contributed by atoms with E-state index in [0.29, 0.717) is 0 Å². The van der Waals surface area contributed by atoms with Gasteiger partial charge in [-0.25, -0.2) is 0 Å². The summed E-state index contributed by atoms with van der Waals surface area (Å²) >= 11 is 0. The van der Waals surface area contributed by atoms with Gasteiger partial charge in [-0.2, -0.15) is 13.2 Å². The van der Waals surface area contributed by atoms with Gasteiger partial charge in [0.25, 0.3) is 0 Å². The van der Waals surface area contributed by atoms with Crippen molar-refractivity contribution in [2.24, 2.45) is 0 Å². The van der Waals surface area contributed by atoms with E-state index in [1.165, 1.54) is 0 Å². The molecule has 1 aliphatic heterocycles. The molecule has 0 aromatic heterocycles. The van der Waals surface area contributed by atoms with Crippen molar-refractivity contribution in [2.45, 2.75) is 37.5 Å². The number of hydrogen-bond acceptors (Lipinski definition) is 1. The van der Waals surface area contributed by atoms with E-state index in [2.05, 4.69) is 0 Å². The van der Waals surface area contributed by atoms with Gasteiger partial charge in [-0.05, 0) is 17.4 Å². The summed E-state index contributed by atoms with van der Waals surface area (Å²) < 4.78 is 43.1. The van der Waals surface area contributed by atoms with Gasteiger partial charge in [-0.15, -0.1) is 0 Å². The first kappa shape index (κ1) is 12.4. The van der Waals surface area contributed by atoms with Crippen molar-refractivity contribution in [1.29, 1.82) is 0 Å². The van der Waals surface area contributed by atoms with Crippen LogP contribution in [0.1, 0.15) is 25.8 Å². The topological polar surface area (TPSA) is 12.5 Å². The molecule has 1 aliphatic rings. The van der Waals surface area contributed by atoms with E-state index in [1.54, 1.807) is 0 Å². The quantitative estimate of drug-likeness (QED) is 0.739. The summed E-state index contributed by atoms with van der Waals surface area (Å²) in [7, 11) is 0. The zero-order valence-corrected chi connectivity index (χ0v) is 9.84. The number of rotatable bonds is 3. The molecule has 1 heterocycles. The molecule has 17 heavy (non-hydrogen) atoms. The molecule has 0 radical (unpaired) electrons. The first-order valence-corrected chi connectivity index (χ1v) is 5.53. The number of alkyl halides is 3. The number of epoxide rings is 1. The Balaban J connectivity index is 2.19. The molecule has 1 atom stereocenters. The summed E-state index contributed by atoms with van der Waals surface area (Å²) in [4.78, 5) is 0. The lowest BCUT2D eigenvalue weighted by molar-refractivity contribution is -0.188. The van der Waals surface area contributed by atoms with Crippen LogP contribution in [-0.2, 0) is 10.2 Å². The number of halogens is 3. The lowest BCUT2D eigenvalue weighted by Gasteiger charge is -2.29. The van der Waals surface area contributed by atoms with Gasteiger partial charge in [0.1, 0.15) is 0 Å². The molecule has 4 heteroatoms. The lowest BCUT2D eigenvalue weighted by Crippen LogP contribution is -2.38. The third-order valence-electron chi connectivity index (χ3n) is 3.29. The van der Waals surface area contributed by atoms with Gasteiger partial charge < -0.3 is 4.74 Å². The minimum absolute atomic E-state index is 0.0342. The Labute approximate surface area is 98.6 Å². The molecule has 1 aromatic rings. The molecule has 0 bridgehead atoms. The predicted octanol–water partition coefficient (Wildman–Crippen LogP) is 3.69. The molecular formula is C13H15F3O. The van der Waals surface area contributed by atoms with Gasteiger partial charge in [-0.1, -0.05) is 44.2 Å². The maximum atomic E-state index is 12.8. The number of benzene rings is 1. The highest BCUT2D eigenvalue weighted by Gasteiger charge is 2.67. The van der Waals surface area contributed by atoms with Crippen LogP contribution in [0.2, 0.25) is 0 Å². The van der Waals surface area contributed by atoms with Crippen LogP contribution in [0.3, 0.4) is 0 Å². The Kier molecular flexibility index (Phi) is 2.73. The maximum Gasteiger partial charge on any atom is 0.419 e. The summed E-state index contributed by atoms with van der Waals surface area (Å²) in [6, 6.07) is 9.24. The van der Waals surface area contributed by atoms with E-state index in [9.17, 15) is 13.2 Å². The van der Waals surface area contributed by atoms with Gasteiger partial charge in [0.05, 0.1) is 6.61 Å². The van der Waals surface area contributed by atoms with Crippen molar-refractivity contribution < 1.29 is 17.9 Å². The standard InChI is InChI=1S/C13H15F3O/c1-11(2,10-6-4-3-5-7-10)8-12(9-17-12)13(14,15)16/h3-7H,8-9H2,1-2H3/t12-/m1/s1. The van der Waals surface area contributed by atoms with Crippen LogP contribution in [0.25, 0.3) is 0 Å². The molecular weight excluding hydrogens is 229 g/mol. The first-order chi connectivity index (χ1) is 7.77. The van der Waals surface area contributed by atoms with E-state index in [0.717, 1.165) is 5.56 Å². The molecule has 94 valence electrons. The monoisotopic (exact) mass is 244 g/mol. The number of ether oxygens (including phenoxy) is 1. The fraction of sp³-hybridized carbons (Fsp3) is 0.538. The maximum absolute atomic E-state index is 12.8. The van der Waals surface area contributed by atoms with Crippen molar-refractivity contribution in [2.75, 3.05) is 6.61 Å². The van der Waals surface area contributed by atoms with Crippen LogP contribution in [0.15, 0.2) is 30.3 Å². The predicted molar refractivity (Wildman–Crippen MR) is 58.8 cm³/mol. The highest BCUT2D eigenvalue weighted by atomic mass is 19.4. The van der Waals surface area contributed by atoms with Crippen LogP contribution >= 0.6 is 0 Å². The van der Waals surface area contributed by atoms with Gasteiger partial charge in [-0.3, -0.25) is 0 Å². The summed E-state index contributed by atoms with van der Waals surface area (Å²) in [5, 5.41) is 0. The van der Waals surface area contributed by atoms with E-state index >= 15 is 0 Å². The average molecular weight is 244 g/mol. The lowest BCUT2D eigenvalue weighted by atomic mass is 9.77. The average Bonchev–Trinajstić information content (AvgIpc) is 2.99. The summed E-state index contributed by atoms with van der Waals surface area (Å²) in [5.74, 6) is 0. The zero-order valence-electron chi connectivity index (χ0n) is 9.84. The number of hydrogen-bond donors (Lipinski definition) is 0.